The maximum absolute atomic E-state index is 15.4. The van der Waals surface area contributed by atoms with Crippen molar-refractivity contribution in [2.24, 2.45) is 0 Å². The van der Waals surface area contributed by atoms with Crippen LogP contribution in [0.1, 0.15) is 46.1 Å². The second-order valence-electron chi connectivity index (χ2n) is 8.64. The van der Waals surface area contributed by atoms with Gasteiger partial charge in [-0.1, -0.05) is 17.7 Å². The van der Waals surface area contributed by atoms with E-state index in [1.165, 1.54) is 18.2 Å². The van der Waals surface area contributed by atoms with E-state index < -0.39 is 20.4 Å². The summed E-state index contributed by atoms with van der Waals surface area (Å²) in [7, 11) is -3.82. The number of rotatable bonds is 8. The summed E-state index contributed by atoms with van der Waals surface area (Å²) in [6.45, 7) is 8.59. The van der Waals surface area contributed by atoms with Crippen LogP contribution < -0.4 is 4.90 Å². The fraction of sp³-hybridized carbons (Fsp3) is 0.500. The van der Waals surface area contributed by atoms with Gasteiger partial charge in [0.2, 0.25) is 0 Å². The highest BCUT2D eigenvalue weighted by atomic mass is 35.5. The van der Waals surface area contributed by atoms with Gasteiger partial charge in [-0.15, -0.1) is 0 Å². The molecule has 1 saturated heterocycles. The number of benzene rings is 2. The molecule has 2 aromatic carbocycles. The van der Waals surface area contributed by atoms with E-state index in [1.807, 2.05) is 32.6 Å². The first kappa shape index (κ1) is 25.0. The summed E-state index contributed by atoms with van der Waals surface area (Å²) in [4.78, 5) is 1.99. The quantitative estimate of drug-likeness (QED) is 0.460. The molecule has 2 aromatic rings. The van der Waals surface area contributed by atoms with Crippen molar-refractivity contribution in [2.45, 2.75) is 62.3 Å². The van der Waals surface area contributed by atoms with Gasteiger partial charge in [0.1, 0.15) is 17.3 Å². The van der Waals surface area contributed by atoms with Gasteiger partial charge in [0.05, 0.1) is 16.7 Å². The van der Waals surface area contributed by atoms with Crippen LogP contribution in [0, 0.1) is 5.82 Å². The molecule has 8 heteroatoms. The first-order chi connectivity index (χ1) is 15.1. The maximum Gasteiger partial charge on any atom is 0.188 e. The van der Waals surface area contributed by atoms with E-state index in [-0.39, 0.29) is 49.8 Å². The van der Waals surface area contributed by atoms with E-state index >= 15 is 4.39 Å². The monoisotopic (exact) mass is 483 g/mol. The first-order valence-electron chi connectivity index (χ1n) is 10.8. The number of anilines is 1. The lowest BCUT2D eigenvalue weighted by Gasteiger charge is -2.37. The number of halogens is 2. The highest BCUT2D eigenvalue weighted by molar-refractivity contribution is 7.92. The van der Waals surface area contributed by atoms with Crippen LogP contribution in [0.2, 0.25) is 5.02 Å². The third-order valence-corrected chi connectivity index (χ3v) is 8.71. The van der Waals surface area contributed by atoms with Crippen LogP contribution in [0.4, 0.5) is 10.1 Å². The lowest BCUT2D eigenvalue weighted by Crippen LogP contribution is -2.41. The maximum atomic E-state index is 15.4. The fourth-order valence-corrected chi connectivity index (χ4v) is 6.22. The summed E-state index contributed by atoms with van der Waals surface area (Å²) in [5, 5.41) is 0.456. The zero-order valence-electron chi connectivity index (χ0n) is 19.0. The minimum absolute atomic E-state index is 0.00365. The molecule has 0 amide bonds. The first-order valence-corrected chi connectivity index (χ1v) is 12.7. The number of nitrogens with zero attached hydrogens (tertiary/aromatic N) is 1. The van der Waals surface area contributed by atoms with Crippen LogP contribution >= 0.6 is 11.6 Å². The van der Waals surface area contributed by atoms with Gasteiger partial charge in [-0.2, -0.15) is 0 Å². The molecule has 1 aliphatic heterocycles. The Morgan fingerprint density at radius 2 is 1.72 bits per heavy atom. The minimum atomic E-state index is -3.82. The zero-order valence-corrected chi connectivity index (χ0v) is 20.5. The van der Waals surface area contributed by atoms with Crippen LogP contribution in [-0.4, -0.2) is 40.5 Å². The number of hydrogen-bond donors (Lipinski definition) is 0. The van der Waals surface area contributed by atoms with Crippen molar-refractivity contribution < 1.29 is 22.3 Å². The van der Waals surface area contributed by atoms with Gasteiger partial charge in [-0.3, -0.25) is 0 Å². The molecule has 0 N–H and O–H groups in total. The molecule has 0 unspecified atom stereocenters. The van der Waals surface area contributed by atoms with Gasteiger partial charge in [-0.05, 0) is 82.5 Å². The summed E-state index contributed by atoms with van der Waals surface area (Å²) < 4.78 is 52.9. The van der Waals surface area contributed by atoms with E-state index in [1.54, 1.807) is 24.3 Å². The molecular weight excluding hydrogens is 453 g/mol. The molecule has 0 aliphatic carbocycles. The van der Waals surface area contributed by atoms with Gasteiger partial charge in [0, 0.05) is 24.3 Å². The van der Waals surface area contributed by atoms with Crippen molar-refractivity contribution in [1.82, 2.24) is 0 Å². The van der Waals surface area contributed by atoms with Crippen LogP contribution in [-0.2, 0) is 24.1 Å². The Morgan fingerprint density at radius 3 is 2.25 bits per heavy atom. The van der Waals surface area contributed by atoms with Crippen LogP contribution in [0.15, 0.2) is 47.4 Å². The molecule has 1 aliphatic rings. The lowest BCUT2D eigenvalue weighted by molar-refractivity contribution is 0.0738. The smallest absolute Gasteiger partial charge is 0.188 e. The Bertz CT molecular complexity index is 1020. The molecule has 3 rings (SSSR count). The normalized spacial score (nSPS) is 16.5. The predicted molar refractivity (Wildman–Crippen MR) is 125 cm³/mol. The summed E-state index contributed by atoms with van der Waals surface area (Å²) >= 11 is 5.96. The van der Waals surface area contributed by atoms with E-state index in [0.717, 1.165) is 0 Å². The molecule has 0 bridgehead atoms. The minimum Gasteiger partial charge on any atom is -0.381 e. The molecule has 1 fully saturated rings. The van der Waals surface area contributed by atoms with E-state index in [2.05, 4.69) is 0 Å². The van der Waals surface area contributed by atoms with Gasteiger partial charge < -0.3 is 14.4 Å². The van der Waals surface area contributed by atoms with Crippen molar-refractivity contribution in [3.63, 3.8) is 0 Å². The molecule has 5 nitrogen and oxygen atoms in total. The van der Waals surface area contributed by atoms with Crippen LogP contribution in [0.25, 0.3) is 0 Å². The molecule has 1 heterocycles. The Hall–Kier alpha value is -1.67. The van der Waals surface area contributed by atoms with Gasteiger partial charge in [0.15, 0.2) is 9.84 Å². The molecule has 0 atom stereocenters. The van der Waals surface area contributed by atoms with Crippen molar-refractivity contribution >= 4 is 27.1 Å². The summed E-state index contributed by atoms with van der Waals surface area (Å²) in [6, 6.07) is 10.9. The average Bonchev–Trinajstić information content (AvgIpc) is 2.75. The van der Waals surface area contributed by atoms with Crippen molar-refractivity contribution in [3.05, 3.63) is 58.9 Å². The second kappa shape index (κ2) is 10.1. The molecule has 0 saturated carbocycles. The SMILES string of the molecule is CC(C)OCN(c1ccc(C2(S(=O)(=O)c3ccc(Cl)cc3)CCOCC2)cc1F)C(C)C. The van der Waals surface area contributed by atoms with E-state index in [4.69, 9.17) is 21.1 Å². The number of hydrogen-bond acceptors (Lipinski definition) is 5. The lowest BCUT2D eigenvalue weighted by atomic mass is 9.90. The highest BCUT2D eigenvalue weighted by Gasteiger charge is 2.47. The molecule has 0 spiro atoms. The predicted octanol–water partition coefficient (Wildman–Crippen LogP) is 5.56. The second-order valence-corrected chi connectivity index (χ2v) is 11.3. The molecular formula is C24H31ClFNO4S. The van der Waals surface area contributed by atoms with Crippen molar-refractivity contribution in [1.29, 1.82) is 0 Å². The fourth-order valence-electron chi connectivity index (χ4n) is 4.00. The summed E-state index contributed by atoms with van der Waals surface area (Å²) in [6.07, 6.45) is 0.510. The van der Waals surface area contributed by atoms with Gasteiger partial charge in [-0.25, -0.2) is 12.8 Å². The third kappa shape index (κ3) is 4.96. The Balaban J connectivity index is 2.05. The third-order valence-electron chi connectivity index (χ3n) is 5.89. The largest absolute Gasteiger partial charge is 0.381 e. The van der Waals surface area contributed by atoms with Gasteiger partial charge >= 0.3 is 0 Å². The molecule has 32 heavy (non-hydrogen) atoms. The standard InChI is InChI=1S/C24H31ClFNO4S/c1-17(2)27(16-31-18(3)4)23-10-5-19(15-22(23)26)24(11-13-30-14-12-24)32(28,29)21-8-6-20(25)7-9-21/h5-10,15,17-18H,11-14,16H2,1-4H3. The highest BCUT2D eigenvalue weighted by Crippen LogP contribution is 2.44. The zero-order chi connectivity index (χ0) is 23.5. The average molecular weight is 484 g/mol. The van der Waals surface area contributed by atoms with Crippen LogP contribution in [0.5, 0.6) is 0 Å². The molecule has 0 radical (unpaired) electrons. The van der Waals surface area contributed by atoms with Crippen molar-refractivity contribution in [2.75, 3.05) is 24.8 Å². The Morgan fingerprint density at radius 1 is 1.09 bits per heavy atom. The van der Waals surface area contributed by atoms with E-state index in [9.17, 15) is 8.42 Å². The summed E-state index contributed by atoms with van der Waals surface area (Å²) in [5.41, 5.74) is 0.820. The van der Waals surface area contributed by atoms with Crippen molar-refractivity contribution in [3.8, 4) is 0 Å². The number of ether oxygens (including phenoxy) is 2. The van der Waals surface area contributed by atoms with Crippen LogP contribution in [0.3, 0.4) is 0 Å². The Kier molecular flexibility index (Phi) is 7.86. The Labute approximate surface area is 195 Å². The molecule has 0 aromatic heterocycles. The topological polar surface area (TPSA) is 55.8 Å². The van der Waals surface area contributed by atoms with E-state index in [0.29, 0.717) is 16.3 Å². The summed E-state index contributed by atoms with van der Waals surface area (Å²) in [5.74, 6) is -0.472. The number of sulfone groups is 1. The molecule has 176 valence electrons. The van der Waals surface area contributed by atoms with Gasteiger partial charge in [0.25, 0.3) is 0 Å².